The summed E-state index contributed by atoms with van der Waals surface area (Å²) in [5.41, 5.74) is 4.47. The van der Waals surface area contributed by atoms with E-state index in [1.165, 1.54) is 11.1 Å². The molecule has 1 atom stereocenters. The summed E-state index contributed by atoms with van der Waals surface area (Å²) in [5, 5.41) is 3.97. The maximum absolute atomic E-state index is 12.7. The van der Waals surface area contributed by atoms with Crippen LogP contribution in [-0.4, -0.2) is 30.1 Å². The molecule has 134 valence electrons. The Bertz CT molecular complexity index is 747. The third-order valence-corrected chi connectivity index (χ3v) is 5.21. The van der Waals surface area contributed by atoms with Gasteiger partial charge in [0.05, 0.1) is 19.3 Å². The van der Waals surface area contributed by atoms with E-state index in [4.69, 9.17) is 9.26 Å². The molecule has 5 heteroatoms. The van der Waals surface area contributed by atoms with Crippen molar-refractivity contribution in [1.29, 1.82) is 0 Å². The van der Waals surface area contributed by atoms with Crippen LogP contribution in [-0.2, 0) is 17.8 Å². The van der Waals surface area contributed by atoms with Gasteiger partial charge in [0.1, 0.15) is 11.5 Å². The standard InChI is InChI=1S/C20H26N2O3/c1-13-19(14(2)25-21-13)12-22(3)20(23)11-16-7-5-6-15-10-17(24-4)8-9-18(15)16/h8-10,16H,5-7,11-12H2,1-4H3/t16-/m0/s1. The molecule has 5 nitrogen and oxygen atoms in total. The molecule has 0 N–H and O–H groups in total. The molecule has 1 heterocycles. The second-order valence-electron chi connectivity index (χ2n) is 6.91. The van der Waals surface area contributed by atoms with Crippen LogP contribution in [0.15, 0.2) is 22.7 Å². The number of benzene rings is 1. The van der Waals surface area contributed by atoms with Gasteiger partial charge in [0.2, 0.25) is 5.91 Å². The molecule has 0 saturated carbocycles. The predicted octanol–water partition coefficient (Wildman–Crippen LogP) is 3.77. The van der Waals surface area contributed by atoms with Gasteiger partial charge in [-0.15, -0.1) is 0 Å². The maximum atomic E-state index is 12.7. The van der Waals surface area contributed by atoms with E-state index >= 15 is 0 Å². The van der Waals surface area contributed by atoms with E-state index in [2.05, 4.69) is 17.3 Å². The smallest absolute Gasteiger partial charge is 0.223 e. The van der Waals surface area contributed by atoms with E-state index in [1.54, 1.807) is 12.0 Å². The molecular weight excluding hydrogens is 316 g/mol. The normalized spacial score (nSPS) is 16.4. The van der Waals surface area contributed by atoms with Crippen LogP contribution < -0.4 is 4.74 Å². The molecule has 1 aromatic carbocycles. The van der Waals surface area contributed by atoms with Gasteiger partial charge in [-0.1, -0.05) is 11.2 Å². The van der Waals surface area contributed by atoms with Crippen LogP contribution in [0.4, 0.5) is 0 Å². The molecule has 1 aliphatic carbocycles. The summed E-state index contributed by atoms with van der Waals surface area (Å²) in [6, 6.07) is 6.23. The number of nitrogens with zero attached hydrogens (tertiary/aromatic N) is 2. The number of aromatic nitrogens is 1. The van der Waals surface area contributed by atoms with Crippen molar-refractivity contribution < 1.29 is 14.1 Å². The third kappa shape index (κ3) is 3.70. The lowest BCUT2D eigenvalue weighted by atomic mass is 9.80. The van der Waals surface area contributed by atoms with Crippen molar-refractivity contribution in [2.75, 3.05) is 14.2 Å². The maximum Gasteiger partial charge on any atom is 0.223 e. The van der Waals surface area contributed by atoms with Crippen molar-refractivity contribution in [2.24, 2.45) is 0 Å². The number of fused-ring (bicyclic) bond motifs is 1. The number of carbonyl (C=O) groups is 1. The highest BCUT2D eigenvalue weighted by atomic mass is 16.5. The zero-order valence-electron chi connectivity index (χ0n) is 15.5. The molecule has 0 bridgehead atoms. The number of carbonyl (C=O) groups excluding carboxylic acids is 1. The monoisotopic (exact) mass is 342 g/mol. The summed E-state index contributed by atoms with van der Waals surface area (Å²) >= 11 is 0. The minimum absolute atomic E-state index is 0.161. The van der Waals surface area contributed by atoms with Crippen LogP contribution in [0.1, 0.15) is 53.3 Å². The summed E-state index contributed by atoms with van der Waals surface area (Å²) in [6.45, 7) is 4.34. The van der Waals surface area contributed by atoms with Crippen LogP contribution in [0.25, 0.3) is 0 Å². The molecule has 0 fully saturated rings. The first-order valence-corrected chi connectivity index (χ1v) is 8.82. The van der Waals surface area contributed by atoms with Gasteiger partial charge in [0, 0.05) is 19.0 Å². The predicted molar refractivity (Wildman–Crippen MR) is 95.7 cm³/mol. The first kappa shape index (κ1) is 17.5. The SMILES string of the molecule is COc1ccc2c(c1)CCC[C@H]2CC(=O)N(C)Cc1c(C)noc1C. The van der Waals surface area contributed by atoms with Gasteiger partial charge in [-0.05, 0) is 62.3 Å². The highest BCUT2D eigenvalue weighted by Gasteiger charge is 2.25. The second-order valence-corrected chi connectivity index (χ2v) is 6.91. The number of aryl methyl sites for hydroxylation is 3. The first-order chi connectivity index (χ1) is 12.0. The number of rotatable bonds is 5. The quantitative estimate of drug-likeness (QED) is 0.830. The fourth-order valence-electron chi connectivity index (χ4n) is 3.65. The number of hydrogen-bond donors (Lipinski definition) is 0. The molecule has 3 rings (SSSR count). The molecule has 0 saturated heterocycles. The number of amides is 1. The van der Waals surface area contributed by atoms with Gasteiger partial charge in [-0.3, -0.25) is 4.79 Å². The topological polar surface area (TPSA) is 55.6 Å². The van der Waals surface area contributed by atoms with E-state index in [0.717, 1.165) is 42.0 Å². The lowest BCUT2D eigenvalue weighted by Crippen LogP contribution is -2.28. The van der Waals surface area contributed by atoms with Crippen LogP contribution >= 0.6 is 0 Å². The van der Waals surface area contributed by atoms with E-state index in [9.17, 15) is 4.79 Å². The molecule has 0 aliphatic heterocycles. The van der Waals surface area contributed by atoms with E-state index in [0.29, 0.717) is 13.0 Å². The molecule has 0 spiro atoms. The largest absolute Gasteiger partial charge is 0.497 e. The molecule has 0 unspecified atom stereocenters. The lowest BCUT2D eigenvalue weighted by molar-refractivity contribution is -0.130. The van der Waals surface area contributed by atoms with Crippen molar-refractivity contribution in [1.82, 2.24) is 10.1 Å². The summed E-state index contributed by atoms with van der Waals surface area (Å²) in [4.78, 5) is 14.5. The second kappa shape index (κ2) is 7.30. The lowest BCUT2D eigenvalue weighted by Gasteiger charge is -2.27. The Hall–Kier alpha value is -2.30. The van der Waals surface area contributed by atoms with Gasteiger partial charge in [0.15, 0.2) is 0 Å². The van der Waals surface area contributed by atoms with E-state index < -0.39 is 0 Å². The fourth-order valence-corrected chi connectivity index (χ4v) is 3.65. The first-order valence-electron chi connectivity index (χ1n) is 8.82. The van der Waals surface area contributed by atoms with E-state index in [1.807, 2.05) is 27.0 Å². The van der Waals surface area contributed by atoms with Crippen molar-refractivity contribution in [3.8, 4) is 5.75 Å². The highest BCUT2D eigenvalue weighted by molar-refractivity contribution is 5.77. The summed E-state index contributed by atoms with van der Waals surface area (Å²) < 4.78 is 10.5. The summed E-state index contributed by atoms with van der Waals surface area (Å²) in [7, 11) is 3.54. The number of methoxy groups -OCH3 is 1. The Morgan fingerprint density at radius 2 is 2.20 bits per heavy atom. The molecule has 0 radical (unpaired) electrons. The number of ether oxygens (including phenoxy) is 1. The van der Waals surface area contributed by atoms with Gasteiger partial charge in [-0.2, -0.15) is 0 Å². The molecule has 1 aliphatic rings. The van der Waals surface area contributed by atoms with Crippen LogP contribution in [0, 0.1) is 13.8 Å². The van der Waals surface area contributed by atoms with E-state index in [-0.39, 0.29) is 11.8 Å². The molecule has 25 heavy (non-hydrogen) atoms. The van der Waals surface area contributed by atoms with Crippen molar-refractivity contribution in [3.05, 3.63) is 46.3 Å². The zero-order chi connectivity index (χ0) is 18.0. The Kier molecular flexibility index (Phi) is 5.11. The average Bonchev–Trinajstić information content (AvgIpc) is 2.93. The fraction of sp³-hybridized carbons (Fsp3) is 0.500. The Labute approximate surface area is 148 Å². The van der Waals surface area contributed by atoms with Crippen molar-refractivity contribution >= 4 is 5.91 Å². The highest BCUT2D eigenvalue weighted by Crippen LogP contribution is 2.36. The van der Waals surface area contributed by atoms with Crippen LogP contribution in [0.2, 0.25) is 0 Å². The minimum atomic E-state index is 0.161. The minimum Gasteiger partial charge on any atom is -0.497 e. The van der Waals surface area contributed by atoms with Crippen molar-refractivity contribution in [3.63, 3.8) is 0 Å². The summed E-state index contributed by atoms with van der Waals surface area (Å²) in [6.07, 6.45) is 3.78. The van der Waals surface area contributed by atoms with Gasteiger partial charge >= 0.3 is 0 Å². The average molecular weight is 342 g/mol. The third-order valence-electron chi connectivity index (χ3n) is 5.21. The van der Waals surface area contributed by atoms with Gasteiger partial charge in [-0.25, -0.2) is 0 Å². The Balaban J connectivity index is 1.69. The Morgan fingerprint density at radius 3 is 2.88 bits per heavy atom. The van der Waals surface area contributed by atoms with Gasteiger partial charge in [0.25, 0.3) is 0 Å². The molecule has 1 aromatic heterocycles. The zero-order valence-corrected chi connectivity index (χ0v) is 15.5. The molecule has 2 aromatic rings. The molecule has 1 amide bonds. The summed E-state index contributed by atoms with van der Waals surface area (Å²) in [5.74, 6) is 2.12. The van der Waals surface area contributed by atoms with Crippen LogP contribution in [0.3, 0.4) is 0 Å². The van der Waals surface area contributed by atoms with Crippen LogP contribution in [0.5, 0.6) is 5.75 Å². The van der Waals surface area contributed by atoms with Gasteiger partial charge < -0.3 is 14.2 Å². The molecular formula is C20H26N2O3. The van der Waals surface area contributed by atoms with Crippen molar-refractivity contribution in [2.45, 2.75) is 52.0 Å². The number of hydrogen-bond acceptors (Lipinski definition) is 4. The Morgan fingerprint density at radius 1 is 1.40 bits per heavy atom.